The number of carbonyl (C=O) groups excluding carboxylic acids is 1. The third kappa shape index (κ3) is 10.0. The highest BCUT2D eigenvalue weighted by molar-refractivity contribution is 6.74. The van der Waals surface area contributed by atoms with Crippen molar-refractivity contribution in [2.75, 3.05) is 7.11 Å². The Hall–Kier alpha value is -0.966. The molecule has 5 atom stereocenters. The zero-order valence-electron chi connectivity index (χ0n) is 27.6. The van der Waals surface area contributed by atoms with E-state index < -0.39 is 16.6 Å². The van der Waals surface area contributed by atoms with Gasteiger partial charge in [0.1, 0.15) is 17.7 Å². The van der Waals surface area contributed by atoms with Gasteiger partial charge >= 0.3 is 5.97 Å². The molecule has 2 rings (SSSR count). The lowest BCUT2D eigenvalue weighted by molar-refractivity contribution is -0.140. The van der Waals surface area contributed by atoms with Gasteiger partial charge in [-0.05, 0) is 49.1 Å². The minimum Gasteiger partial charge on any atom is -0.492 e. The van der Waals surface area contributed by atoms with Crippen molar-refractivity contribution in [3.63, 3.8) is 0 Å². The number of unbranched alkanes of at least 4 members (excludes halogenated alkanes) is 2. The van der Waals surface area contributed by atoms with E-state index in [9.17, 15) is 4.79 Å². The molecule has 0 aromatic heterocycles. The molecule has 41 heavy (non-hydrogen) atoms. The molecule has 5 nitrogen and oxygen atoms in total. The molecule has 0 bridgehead atoms. The first kappa shape index (κ1) is 36.2. The van der Waals surface area contributed by atoms with Crippen LogP contribution in [0, 0.1) is 11.8 Å². The second kappa shape index (κ2) is 18.0. The van der Waals surface area contributed by atoms with E-state index in [4.69, 9.17) is 18.3 Å². The molecule has 0 radical (unpaired) electrons. The average molecular weight is 613 g/mol. The maximum Gasteiger partial charge on any atom is 0.305 e. The van der Waals surface area contributed by atoms with Crippen molar-refractivity contribution in [3.05, 3.63) is 23.7 Å². The van der Waals surface area contributed by atoms with Crippen molar-refractivity contribution in [2.24, 2.45) is 11.8 Å². The van der Waals surface area contributed by atoms with E-state index in [0.717, 1.165) is 49.1 Å². The van der Waals surface area contributed by atoms with Crippen molar-refractivity contribution in [3.8, 4) is 0 Å². The fraction of sp³-hybridized carbons (Fsp3) is 0.848. The monoisotopic (exact) mass is 612 g/mol. The predicted molar refractivity (Wildman–Crippen MR) is 173 cm³/mol. The van der Waals surface area contributed by atoms with Crippen LogP contribution in [0.3, 0.4) is 0 Å². The van der Waals surface area contributed by atoms with E-state index in [2.05, 4.69) is 60.6 Å². The third-order valence-electron chi connectivity index (χ3n) is 10.2. The molecule has 1 heterocycles. The van der Waals surface area contributed by atoms with E-state index >= 15 is 4.39 Å². The van der Waals surface area contributed by atoms with Gasteiger partial charge < -0.3 is 18.3 Å². The van der Waals surface area contributed by atoms with Gasteiger partial charge in [0.15, 0.2) is 16.6 Å². The van der Waals surface area contributed by atoms with Gasteiger partial charge in [0, 0.05) is 37.5 Å². The SMILES string of the molecule is CCCCC[C@@H](/C=C/C1[C@H]2C/C(=C(\F)CCCC(=O)OC)O[C@H]2C[C@H]1O[Si](CC)(CC)CC)O[Si](CC)(CC)CC. The normalized spacial score (nSPS) is 24.9. The Balaban J connectivity index is 2.32. The zero-order valence-corrected chi connectivity index (χ0v) is 29.6. The van der Waals surface area contributed by atoms with Crippen molar-refractivity contribution < 1.29 is 27.5 Å². The molecule has 1 saturated carbocycles. The summed E-state index contributed by atoms with van der Waals surface area (Å²) in [6.45, 7) is 16.0. The Labute approximate surface area is 253 Å². The quantitative estimate of drug-likeness (QED) is 0.0593. The van der Waals surface area contributed by atoms with Crippen LogP contribution in [-0.2, 0) is 23.1 Å². The van der Waals surface area contributed by atoms with Crippen molar-refractivity contribution in [1.82, 2.24) is 0 Å². The van der Waals surface area contributed by atoms with Crippen LogP contribution < -0.4 is 0 Å². The average Bonchev–Trinajstić information content (AvgIpc) is 3.55. The summed E-state index contributed by atoms with van der Waals surface area (Å²) in [5, 5.41) is 0. The molecule has 0 N–H and O–H groups in total. The summed E-state index contributed by atoms with van der Waals surface area (Å²) in [7, 11) is -2.21. The number of allylic oxidation sites excluding steroid dienone is 2. The lowest BCUT2D eigenvalue weighted by Crippen LogP contribution is -2.41. The predicted octanol–water partition coefficient (Wildman–Crippen LogP) is 9.85. The molecule has 2 fully saturated rings. The number of esters is 1. The molecule has 0 aromatic rings. The number of methoxy groups -OCH3 is 1. The van der Waals surface area contributed by atoms with E-state index in [1.807, 2.05) is 0 Å². The number of ether oxygens (including phenoxy) is 2. The van der Waals surface area contributed by atoms with Gasteiger partial charge in [0.05, 0.1) is 19.3 Å². The van der Waals surface area contributed by atoms with E-state index in [1.54, 1.807) is 0 Å². The minimum absolute atomic E-state index is 0.0249. The van der Waals surface area contributed by atoms with Gasteiger partial charge in [0.25, 0.3) is 0 Å². The molecule has 8 heteroatoms. The smallest absolute Gasteiger partial charge is 0.305 e. The molecule has 0 aromatic carbocycles. The van der Waals surface area contributed by atoms with Crippen LogP contribution in [0.25, 0.3) is 0 Å². The lowest BCUT2D eigenvalue weighted by Gasteiger charge is -2.35. The first-order valence-corrected chi connectivity index (χ1v) is 21.9. The van der Waals surface area contributed by atoms with Crippen LogP contribution in [-0.4, -0.2) is 48.0 Å². The minimum atomic E-state index is -1.82. The van der Waals surface area contributed by atoms with Crippen LogP contribution in [0.1, 0.15) is 106 Å². The number of fused-ring (bicyclic) bond motifs is 1. The van der Waals surface area contributed by atoms with Crippen molar-refractivity contribution in [2.45, 2.75) is 161 Å². The molecular formula is C33H61FO5Si2. The second-order valence-electron chi connectivity index (χ2n) is 12.3. The zero-order chi connectivity index (χ0) is 30.5. The third-order valence-corrected chi connectivity index (χ3v) is 19.5. The Bertz CT molecular complexity index is 823. The van der Waals surface area contributed by atoms with E-state index in [-0.39, 0.29) is 54.8 Å². The molecule has 1 saturated heterocycles. The first-order valence-electron chi connectivity index (χ1n) is 16.8. The highest BCUT2D eigenvalue weighted by atomic mass is 28.4. The fourth-order valence-corrected chi connectivity index (χ4v) is 12.5. The summed E-state index contributed by atoms with van der Waals surface area (Å²) < 4.78 is 40.3. The lowest BCUT2D eigenvalue weighted by atomic mass is 9.90. The Morgan fingerprint density at radius 1 is 0.951 bits per heavy atom. The maximum absolute atomic E-state index is 15.2. The van der Waals surface area contributed by atoms with Crippen molar-refractivity contribution >= 4 is 22.6 Å². The Morgan fingerprint density at radius 3 is 2.15 bits per heavy atom. The number of rotatable bonds is 20. The fourth-order valence-electron chi connectivity index (χ4n) is 6.81. The Kier molecular flexibility index (Phi) is 15.9. The van der Waals surface area contributed by atoms with Crippen molar-refractivity contribution in [1.29, 1.82) is 0 Å². The largest absolute Gasteiger partial charge is 0.492 e. The van der Waals surface area contributed by atoms with Crippen LogP contribution in [0.15, 0.2) is 23.7 Å². The summed E-state index contributed by atoms with van der Waals surface area (Å²) in [6.07, 6.45) is 11.9. The van der Waals surface area contributed by atoms with Gasteiger partial charge in [0.2, 0.25) is 0 Å². The van der Waals surface area contributed by atoms with Crippen LogP contribution in [0.5, 0.6) is 0 Å². The molecule has 1 aliphatic heterocycles. The van der Waals surface area contributed by atoms with Gasteiger partial charge in [-0.3, -0.25) is 4.79 Å². The van der Waals surface area contributed by atoms with Crippen LogP contribution >= 0.6 is 0 Å². The second-order valence-corrected chi connectivity index (χ2v) is 21.7. The molecule has 0 amide bonds. The molecule has 1 aliphatic carbocycles. The van der Waals surface area contributed by atoms with Crippen LogP contribution in [0.4, 0.5) is 4.39 Å². The van der Waals surface area contributed by atoms with Gasteiger partial charge in [-0.2, -0.15) is 0 Å². The molecule has 2 aliphatic rings. The Morgan fingerprint density at radius 2 is 1.59 bits per heavy atom. The topological polar surface area (TPSA) is 54.0 Å². The standard InChI is InChI=1S/C33H61FO5Si2/c1-9-16-17-19-26(38-40(10-2,11-3)12-4)22-23-27-28-24-32(29(34)20-18-21-33(35)36-8)37-30(28)25-31(27)39-41(13-5,14-6)15-7/h22-23,26-28,30-31H,9-21,24-25H2,1-8H3/b23-22+,32-29+/t26-,27?,28+,30-,31+/m0/s1. The first-order chi connectivity index (χ1) is 19.7. The van der Waals surface area contributed by atoms with E-state index in [0.29, 0.717) is 18.6 Å². The summed E-state index contributed by atoms with van der Waals surface area (Å²) >= 11 is 0. The summed E-state index contributed by atoms with van der Waals surface area (Å²) in [6, 6.07) is 6.78. The van der Waals surface area contributed by atoms with Gasteiger partial charge in [-0.25, -0.2) is 4.39 Å². The summed E-state index contributed by atoms with van der Waals surface area (Å²) in [5.74, 6) is 0.363. The number of halogens is 1. The summed E-state index contributed by atoms with van der Waals surface area (Å²) in [4.78, 5) is 11.5. The number of hydrogen-bond donors (Lipinski definition) is 0. The highest BCUT2D eigenvalue weighted by Gasteiger charge is 2.51. The molecule has 238 valence electrons. The summed E-state index contributed by atoms with van der Waals surface area (Å²) in [5.41, 5.74) is 0. The molecular weight excluding hydrogens is 552 g/mol. The number of carbonyl (C=O) groups is 1. The molecule has 1 unspecified atom stereocenters. The van der Waals surface area contributed by atoms with Gasteiger partial charge in [-0.15, -0.1) is 0 Å². The van der Waals surface area contributed by atoms with E-state index in [1.165, 1.54) is 26.4 Å². The number of hydrogen-bond acceptors (Lipinski definition) is 5. The van der Waals surface area contributed by atoms with Crippen LogP contribution in [0.2, 0.25) is 36.3 Å². The molecule has 0 spiro atoms. The van der Waals surface area contributed by atoms with Gasteiger partial charge in [-0.1, -0.05) is 79.9 Å². The highest BCUT2D eigenvalue weighted by Crippen LogP contribution is 2.49. The maximum atomic E-state index is 15.2.